The number of aliphatic hydroxyl groups excluding tert-OH is 2. The summed E-state index contributed by atoms with van der Waals surface area (Å²) in [5.74, 6) is -3.30. The molecule has 0 aromatic rings. The maximum Gasteiger partial charge on any atom is 0.331 e. The van der Waals surface area contributed by atoms with Gasteiger partial charge in [-0.2, -0.15) is 0 Å². The van der Waals surface area contributed by atoms with Crippen LogP contribution in [-0.4, -0.2) is 93.8 Å². The lowest BCUT2D eigenvalue weighted by Crippen LogP contribution is -2.71. The minimum atomic E-state index is -1.99. The number of fused-ring (bicyclic) bond motifs is 7. The summed E-state index contributed by atoms with van der Waals surface area (Å²) >= 11 is 0. The predicted octanol–water partition coefficient (Wildman–Crippen LogP) is 1.34. The van der Waals surface area contributed by atoms with E-state index >= 15 is 0 Å². The molecule has 2 saturated heterocycles. The second-order valence-corrected chi connectivity index (χ2v) is 14.5. The summed E-state index contributed by atoms with van der Waals surface area (Å²) in [6.45, 7) is 5.27. The summed E-state index contributed by atoms with van der Waals surface area (Å²) in [5, 5.41) is 46.0. The van der Waals surface area contributed by atoms with E-state index in [4.69, 9.17) is 23.7 Å². The first-order valence-electron chi connectivity index (χ1n) is 15.6. The summed E-state index contributed by atoms with van der Waals surface area (Å²) in [6.07, 6.45) is 1.85. The van der Waals surface area contributed by atoms with Gasteiger partial charge in [0.1, 0.15) is 18.8 Å². The number of hydrogen-bond donors (Lipinski definition) is 4. The Bertz CT molecular complexity index is 1170. The average molecular weight is 593 g/mol. The van der Waals surface area contributed by atoms with Crippen LogP contribution in [0.4, 0.5) is 0 Å². The molecule has 4 aliphatic carbocycles. The van der Waals surface area contributed by atoms with E-state index in [1.54, 1.807) is 0 Å². The van der Waals surface area contributed by atoms with E-state index in [2.05, 4.69) is 6.92 Å². The number of ether oxygens (including phenoxy) is 5. The Morgan fingerprint density at radius 1 is 1.10 bits per heavy atom. The van der Waals surface area contributed by atoms with Gasteiger partial charge in [0, 0.05) is 49.2 Å². The molecule has 0 spiro atoms. The molecule has 3 aliphatic heterocycles. The van der Waals surface area contributed by atoms with Crippen molar-refractivity contribution in [2.75, 3.05) is 13.2 Å². The van der Waals surface area contributed by atoms with Gasteiger partial charge in [0.05, 0.1) is 23.9 Å². The smallest absolute Gasteiger partial charge is 0.331 e. The average Bonchev–Trinajstić information content (AvgIpc) is 3.43. The number of esters is 2. The lowest BCUT2D eigenvalue weighted by atomic mass is 9.42. The van der Waals surface area contributed by atoms with Crippen LogP contribution in [-0.2, 0) is 33.3 Å². The van der Waals surface area contributed by atoms with E-state index in [-0.39, 0.29) is 61.9 Å². The van der Waals surface area contributed by atoms with Gasteiger partial charge < -0.3 is 44.1 Å². The molecule has 234 valence electrons. The van der Waals surface area contributed by atoms with E-state index in [1.165, 1.54) is 13.0 Å². The Labute approximate surface area is 245 Å². The lowest BCUT2D eigenvalue weighted by molar-refractivity contribution is -0.459. The van der Waals surface area contributed by atoms with Gasteiger partial charge in [0.25, 0.3) is 0 Å². The van der Waals surface area contributed by atoms with Gasteiger partial charge in [0.2, 0.25) is 12.1 Å². The van der Waals surface area contributed by atoms with Crippen molar-refractivity contribution in [3.8, 4) is 0 Å². The fourth-order valence-electron chi connectivity index (χ4n) is 10.8. The first kappa shape index (κ1) is 29.1. The van der Waals surface area contributed by atoms with Crippen LogP contribution in [0.1, 0.15) is 72.1 Å². The number of hydrogen-bond acceptors (Lipinski definition) is 11. The molecule has 7 rings (SSSR count). The zero-order valence-corrected chi connectivity index (χ0v) is 24.6. The Morgan fingerprint density at radius 3 is 2.57 bits per heavy atom. The molecule has 0 unspecified atom stereocenters. The Morgan fingerprint density at radius 2 is 1.88 bits per heavy atom. The largest absolute Gasteiger partial charge is 0.462 e. The van der Waals surface area contributed by atoms with Gasteiger partial charge in [-0.05, 0) is 68.8 Å². The zero-order valence-electron chi connectivity index (χ0n) is 24.6. The predicted molar refractivity (Wildman–Crippen MR) is 143 cm³/mol. The van der Waals surface area contributed by atoms with E-state index in [1.807, 2.05) is 6.92 Å². The topological polar surface area (TPSA) is 161 Å². The van der Waals surface area contributed by atoms with Crippen LogP contribution in [0, 0.1) is 34.5 Å². The molecule has 0 radical (unpaired) electrons. The van der Waals surface area contributed by atoms with E-state index in [9.17, 15) is 30.0 Å². The molecule has 0 aromatic heterocycles. The summed E-state index contributed by atoms with van der Waals surface area (Å²) in [7, 11) is 0. The molecule has 4 saturated carbocycles. The van der Waals surface area contributed by atoms with Crippen LogP contribution in [0.5, 0.6) is 0 Å². The van der Waals surface area contributed by atoms with Gasteiger partial charge in [-0.25, -0.2) is 4.79 Å². The SMILES string of the molecule is CC(=O)O[C@@H]1C[C@]2(O)[C@@H]3CC[C@H]4C[C@H]5O[C@@H]6O[C@H](C)C[C@H](O)[C@]6(O)O[C@@H]5C[C@]4(CO)[C@H]3CC[C@]2(C)[C@H]1C1=CC(=O)OC1. The second kappa shape index (κ2) is 9.70. The third-order valence-electron chi connectivity index (χ3n) is 12.6. The molecule has 4 N–H and O–H groups in total. The number of carbonyl (C=O) groups is 2. The highest BCUT2D eigenvalue weighted by molar-refractivity contribution is 5.85. The molecule has 11 nitrogen and oxygen atoms in total. The first-order chi connectivity index (χ1) is 19.8. The van der Waals surface area contributed by atoms with Crippen molar-refractivity contribution < 1.29 is 53.7 Å². The van der Waals surface area contributed by atoms with Gasteiger partial charge in [0.15, 0.2) is 0 Å². The van der Waals surface area contributed by atoms with Gasteiger partial charge in [-0.15, -0.1) is 0 Å². The minimum absolute atomic E-state index is 0.0454. The van der Waals surface area contributed by atoms with Crippen molar-refractivity contribution in [3.63, 3.8) is 0 Å². The molecular weight excluding hydrogens is 548 g/mol. The molecule has 11 heteroatoms. The molecule has 0 bridgehead atoms. The monoisotopic (exact) mass is 592 g/mol. The summed E-state index contributed by atoms with van der Waals surface area (Å²) in [5.41, 5.74) is -1.69. The Hall–Kier alpha value is -1.60. The zero-order chi connectivity index (χ0) is 29.8. The van der Waals surface area contributed by atoms with E-state index < -0.39 is 58.8 Å². The van der Waals surface area contributed by atoms with Crippen molar-refractivity contribution >= 4 is 11.9 Å². The minimum Gasteiger partial charge on any atom is -0.462 e. The lowest BCUT2D eigenvalue weighted by Gasteiger charge is -2.65. The highest BCUT2D eigenvalue weighted by Gasteiger charge is 2.72. The molecule has 3 heterocycles. The van der Waals surface area contributed by atoms with Gasteiger partial charge >= 0.3 is 11.9 Å². The number of carbonyl (C=O) groups excluding carboxylic acids is 2. The summed E-state index contributed by atoms with van der Waals surface area (Å²) < 4.78 is 29.4. The number of cyclic esters (lactones) is 1. The van der Waals surface area contributed by atoms with Crippen LogP contribution < -0.4 is 0 Å². The Kier molecular flexibility index (Phi) is 6.73. The van der Waals surface area contributed by atoms with Crippen molar-refractivity contribution in [1.82, 2.24) is 0 Å². The maximum atomic E-state index is 12.8. The third kappa shape index (κ3) is 3.90. The first-order valence-corrected chi connectivity index (χ1v) is 15.6. The fraction of sp³-hybridized carbons (Fsp3) is 0.871. The van der Waals surface area contributed by atoms with Crippen molar-refractivity contribution in [2.24, 2.45) is 34.5 Å². The fourth-order valence-corrected chi connectivity index (χ4v) is 10.8. The van der Waals surface area contributed by atoms with Crippen molar-refractivity contribution in [1.29, 1.82) is 0 Å². The molecule has 14 atom stereocenters. The van der Waals surface area contributed by atoms with Crippen LogP contribution in [0.3, 0.4) is 0 Å². The molecule has 42 heavy (non-hydrogen) atoms. The quantitative estimate of drug-likeness (QED) is 0.276. The molecule has 6 fully saturated rings. The molecule has 7 aliphatic rings. The van der Waals surface area contributed by atoms with Crippen LogP contribution in [0.2, 0.25) is 0 Å². The highest BCUT2D eigenvalue weighted by atomic mass is 16.8. The standard InChI is InChI=1S/C31H44O11/c1-15-8-24(34)31(37)27(39-15)41-21-10-18-4-5-20-19(29(18,14-32)11-22(21)42-31)6-7-28(3)26(17-9-25(35)38-13-17)23(40-16(2)33)12-30(20,28)36/h9,15,18-24,26-27,32,34,36-37H,4-8,10-14H2,1-3H3/t15-,18+,19+,20-,21-,22-,23-,24+,26+,27+,28-,29-,30+,31+/m1/s1. The van der Waals surface area contributed by atoms with Crippen LogP contribution in [0.15, 0.2) is 11.6 Å². The second-order valence-electron chi connectivity index (χ2n) is 14.5. The molecule has 0 amide bonds. The van der Waals surface area contributed by atoms with Gasteiger partial charge in [-0.3, -0.25) is 4.79 Å². The molecule has 0 aromatic carbocycles. The maximum absolute atomic E-state index is 12.8. The van der Waals surface area contributed by atoms with E-state index in [0.29, 0.717) is 19.3 Å². The van der Waals surface area contributed by atoms with E-state index in [0.717, 1.165) is 24.8 Å². The summed E-state index contributed by atoms with van der Waals surface area (Å²) in [6, 6.07) is 0. The highest BCUT2D eigenvalue weighted by Crippen LogP contribution is 2.70. The van der Waals surface area contributed by atoms with Gasteiger partial charge in [-0.1, -0.05) is 6.92 Å². The Balaban J connectivity index is 1.21. The third-order valence-corrected chi connectivity index (χ3v) is 12.6. The van der Waals surface area contributed by atoms with Crippen molar-refractivity contribution in [3.05, 3.63) is 11.6 Å². The summed E-state index contributed by atoms with van der Waals surface area (Å²) in [4.78, 5) is 24.2. The molecular formula is C31H44O11. The number of aliphatic hydroxyl groups is 4. The van der Waals surface area contributed by atoms with Crippen LogP contribution >= 0.6 is 0 Å². The van der Waals surface area contributed by atoms with Crippen molar-refractivity contribution in [2.45, 2.75) is 120 Å². The normalized spacial score (nSPS) is 54.8. The number of rotatable bonds is 3. The van der Waals surface area contributed by atoms with Crippen LogP contribution in [0.25, 0.3) is 0 Å².